The van der Waals surface area contributed by atoms with Gasteiger partial charge >= 0.3 is 5.97 Å². The van der Waals surface area contributed by atoms with Gasteiger partial charge in [0, 0.05) is 0 Å². The molecule has 0 bridgehead atoms. The number of hydrogen-bond acceptors (Lipinski definition) is 4. The van der Waals surface area contributed by atoms with E-state index in [4.69, 9.17) is 10.4 Å². The highest BCUT2D eigenvalue weighted by atomic mass is 32.2. The van der Waals surface area contributed by atoms with Crippen LogP contribution in [-0.2, 0) is 4.79 Å². The zero-order valence-corrected chi connectivity index (χ0v) is 9.86. The molecule has 1 rings (SSSR count). The Morgan fingerprint density at radius 2 is 2.25 bits per heavy atom. The molecule has 1 unspecified atom stereocenters. The largest absolute Gasteiger partial charge is 0.480 e. The van der Waals surface area contributed by atoms with Gasteiger partial charge in [0.15, 0.2) is 0 Å². The molecular formula is C11H12N2O2S. The van der Waals surface area contributed by atoms with Crippen molar-refractivity contribution < 1.29 is 9.90 Å². The van der Waals surface area contributed by atoms with Gasteiger partial charge in [-0.3, -0.25) is 4.79 Å². The average Bonchev–Trinajstić information content (AvgIpc) is 2.25. The number of hydrogen-bond donors (Lipinski definition) is 1. The van der Waals surface area contributed by atoms with Crippen molar-refractivity contribution >= 4 is 17.7 Å². The van der Waals surface area contributed by atoms with Crippen LogP contribution in [0.2, 0.25) is 0 Å². The molecule has 4 nitrogen and oxygen atoms in total. The van der Waals surface area contributed by atoms with Gasteiger partial charge < -0.3 is 5.11 Å². The summed E-state index contributed by atoms with van der Waals surface area (Å²) in [5.74, 6) is -0.848. The highest BCUT2D eigenvalue weighted by Crippen LogP contribution is 2.26. The van der Waals surface area contributed by atoms with Crippen molar-refractivity contribution in [2.24, 2.45) is 5.92 Å². The standard InChI is InChI=1S/C11H12N2O2S/c1-7(2)10(11(14)15)16-9-5-3-4-8(6-12)13-9/h3-5,7,10H,1-2H3,(H,14,15). The van der Waals surface area contributed by atoms with E-state index in [0.717, 1.165) is 0 Å². The summed E-state index contributed by atoms with van der Waals surface area (Å²) < 4.78 is 0. The summed E-state index contributed by atoms with van der Waals surface area (Å²) in [5.41, 5.74) is 0.304. The molecule has 1 heterocycles. The lowest BCUT2D eigenvalue weighted by Crippen LogP contribution is -2.22. The molecule has 16 heavy (non-hydrogen) atoms. The number of thioether (sulfide) groups is 1. The van der Waals surface area contributed by atoms with Gasteiger partial charge in [0.05, 0.1) is 5.03 Å². The minimum absolute atomic E-state index is 0.00930. The van der Waals surface area contributed by atoms with Crippen LogP contribution in [0, 0.1) is 17.2 Å². The summed E-state index contributed by atoms with van der Waals surface area (Å²) >= 11 is 1.17. The fourth-order valence-electron chi connectivity index (χ4n) is 1.14. The second kappa shape index (κ2) is 5.52. The zero-order chi connectivity index (χ0) is 12.1. The third-order valence-electron chi connectivity index (χ3n) is 1.93. The number of pyridine rings is 1. The molecule has 0 aliphatic rings. The lowest BCUT2D eigenvalue weighted by Gasteiger charge is -2.14. The maximum Gasteiger partial charge on any atom is 0.317 e. The third kappa shape index (κ3) is 3.24. The highest BCUT2D eigenvalue weighted by molar-refractivity contribution is 8.00. The molecule has 1 aromatic rings. The fourth-order valence-corrected chi connectivity index (χ4v) is 2.09. The van der Waals surface area contributed by atoms with Crippen molar-refractivity contribution in [3.8, 4) is 6.07 Å². The van der Waals surface area contributed by atoms with E-state index in [-0.39, 0.29) is 5.92 Å². The summed E-state index contributed by atoms with van der Waals surface area (Å²) in [6.45, 7) is 3.69. The predicted molar refractivity (Wildman–Crippen MR) is 61.1 cm³/mol. The van der Waals surface area contributed by atoms with E-state index in [1.807, 2.05) is 19.9 Å². The van der Waals surface area contributed by atoms with Gasteiger partial charge in [-0.05, 0) is 18.1 Å². The molecule has 0 radical (unpaired) electrons. The Bertz CT molecular complexity index is 426. The van der Waals surface area contributed by atoms with E-state index in [1.165, 1.54) is 11.8 Å². The van der Waals surface area contributed by atoms with Crippen LogP contribution in [0.15, 0.2) is 23.2 Å². The van der Waals surface area contributed by atoms with E-state index >= 15 is 0 Å². The molecule has 1 N–H and O–H groups in total. The lowest BCUT2D eigenvalue weighted by molar-refractivity contribution is -0.137. The van der Waals surface area contributed by atoms with Gasteiger partial charge in [0.1, 0.15) is 17.0 Å². The van der Waals surface area contributed by atoms with Crippen LogP contribution in [0.1, 0.15) is 19.5 Å². The topological polar surface area (TPSA) is 74.0 Å². The highest BCUT2D eigenvalue weighted by Gasteiger charge is 2.23. The SMILES string of the molecule is CC(C)C(Sc1cccc(C#N)n1)C(=O)O. The van der Waals surface area contributed by atoms with Crippen molar-refractivity contribution in [3.63, 3.8) is 0 Å². The zero-order valence-electron chi connectivity index (χ0n) is 9.04. The van der Waals surface area contributed by atoms with Gasteiger partial charge in [-0.25, -0.2) is 4.98 Å². The molecule has 0 fully saturated rings. The molecule has 0 aliphatic carbocycles. The van der Waals surface area contributed by atoms with Crippen LogP contribution >= 0.6 is 11.8 Å². The van der Waals surface area contributed by atoms with E-state index in [2.05, 4.69) is 4.98 Å². The third-order valence-corrected chi connectivity index (χ3v) is 3.40. The first-order chi connectivity index (χ1) is 7.54. The normalized spacial score (nSPS) is 12.1. The van der Waals surface area contributed by atoms with Gasteiger partial charge in [-0.2, -0.15) is 5.26 Å². The van der Waals surface area contributed by atoms with Crippen LogP contribution in [0.25, 0.3) is 0 Å². The Morgan fingerprint density at radius 3 is 2.75 bits per heavy atom. The minimum Gasteiger partial charge on any atom is -0.480 e. The Kier molecular flexibility index (Phi) is 4.32. The maximum absolute atomic E-state index is 11.0. The van der Waals surface area contributed by atoms with Crippen molar-refractivity contribution in [2.45, 2.75) is 24.1 Å². The number of aromatic nitrogens is 1. The summed E-state index contributed by atoms with van der Waals surface area (Å²) in [5, 5.41) is 17.7. The molecule has 0 aliphatic heterocycles. The van der Waals surface area contributed by atoms with Gasteiger partial charge in [-0.1, -0.05) is 31.7 Å². The van der Waals surface area contributed by atoms with Crippen molar-refractivity contribution in [1.82, 2.24) is 4.98 Å². The first-order valence-electron chi connectivity index (χ1n) is 4.81. The summed E-state index contributed by atoms with van der Waals surface area (Å²) in [7, 11) is 0. The van der Waals surface area contributed by atoms with Crippen LogP contribution < -0.4 is 0 Å². The molecule has 0 aromatic carbocycles. The fraction of sp³-hybridized carbons (Fsp3) is 0.364. The maximum atomic E-state index is 11.0. The van der Waals surface area contributed by atoms with Crippen molar-refractivity contribution in [2.75, 3.05) is 0 Å². The Labute approximate surface area is 98.3 Å². The average molecular weight is 236 g/mol. The van der Waals surface area contributed by atoms with Gasteiger partial charge in [0.25, 0.3) is 0 Å². The first kappa shape index (κ1) is 12.5. The molecule has 0 saturated heterocycles. The second-order valence-corrected chi connectivity index (χ2v) is 4.76. The van der Waals surface area contributed by atoms with Crippen molar-refractivity contribution in [3.05, 3.63) is 23.9 Å². The molecule has 0 amide bonds. The van der Waals surface area contributed by atoms with Crippen molar-refractivity contribution in [1.29, 1.82) is 5.26 Å². The number of aliphatic carboxylic acids is 1. The number of nitriles is 1. The molecule has 1 atom stereocenters. The van der Waals surface area contributed by atoms with Crippen LogP contribution in [-0.4, -0.2) is 21.3 Å². The van der Waals surface area contributed by atoms with Crippen LogP contribution in [0.3, 0.4) is 0 Å². The smallest absolute Gasteiger partial charge is 0.317 e. The van der Waals surface area contributed by atoms with Crippen LogP contribution in [0.5, 0.6) is 0 Å². The molecule has 0 saturated carbocycles. The number of carboxylic acids is 1. The number of carboxylic acid groups (broad SMARTS) is 1. The molecule has 84 valence electrons. The lowest BCUT2D eigenvalue weighted by atomic mass is 10.1. The number of rotatable bonds is 4. The van der Waals surface area contributed by atoms with E-state index in [9.17, 15) is 4.79 Å². The number of nitrogens with zero attached hydrogens (tertiary/aromatic N) is 2. The predicted octanol–water partition coefficient (Wildman–Crippen LogP) is 2.15. The molecule has 5 heteroatoms. The summed E-state index contributed by atoms with van der Waals surface area (Å²) in [6.07, 6.45) is 0. The second-order valence-electron chi connectivity index (χ2n) is 3.59. The summed E-state index contributed by atoms with van der Waals surface area (Å²) in [6, 6.07) is 6.93. The molecule has 0 spiro atoms. The Balaban J connectivity index is 2.86. The van der Waals surface area contributed by atoms with E-state index < -0.39 is 11.2 Å². The molecule has 1 aromatic heterocycles. The first-order valence-corrected chi connectivity index (χ1v) is 5.69. The van der Waals surface area contributed by atoms with Gasteiger partial charge in [0.2, 0.25) is 0 Å². The van der Waals surface area contributed by atoms with Crippen LogP contribution in [0.4, 0.5) is 0 Å². The minimum atomic E-state index is -0.857. The van der Waals surface area contributed by atoms with E-state index in [0.29, 0.717) is 10.7 Å². The molecular weight excluding hydrogens is 224 g/mol. The quantitative estimate of drug-likeness (QED) is 0.811. The summed E-state index contributed by atoms with van der Waals surface area (Å²) in [4.78, 5) is 15.0. The van der Waals surface area contributed by atoms with E-state index in [1.54, 1.807) is 18.2 Å². The Morgan fingerprint density at radius 1 is 1.56 bits per heavy atom. The van der Waals surface area contributed by atoms with Gasteiger partial charge in [-0.15, -0.1) is 0 Å². The number of carbonyl (C=O) groups is 1. The monoisotopic (exact) mass is 236 g/mol. The Hall–Kier alpha value is -1.54.